The van der Waals surface area contributed by atoms with E-state index >= 15 is 0 Å². The Kier molecular flexibility index (Phi) is 2.60. The number of nitrogens with zero attached hydrogens (tertiary/aromatic N) is 1. The maximum atomic E-state index is 10.9. The van der Waals surface area contributed by atoms with E-state index in [1.54, 1.807) is 0 Å². The van der Waals surface area contributed by atoms with Crippen LogP contribution in [0.1, 0.15) is 24.0 Å². The van der Waals surface area contributed by atoms with Crippen molar-refractivity contribution in [1.82, 2.24) is 4.90 Å². The molecule has 1 saturated heterocycles. The molecule has 2 heterocycles. The first-order valence-electron chi connectivity index (χ1n) is 6.35. The van der Waals surface area contributed by atoms with Gasteiger partial charge in [0.2, 0.25) is 0 Å². The first-order valence-corrected chi connectivity index (χ1v) is 6.35. The topological polar surface area (TPSA) is 32.7 Å². The highest BCUT2D eigenvalue weighted by Crippen LogP contribution is 2.40. The molecule has 1 aromatic rings. The van der Waals surface area contributed by atoms with Crippen LogP contribution in [0.25, 0.3) is 0 Å². The van der Waals surface area contributed by atoms with Crippen LogP contribution in [-0.4, -0.2) is 36.8 Å². The van der Waals surface area contributed by atoms with Crippen molar-refractivity contribution < 1.29 is 9.84 Å². The van der Waals surface area contributed by atoms with Crippen molar-refractivity contribution in [2.75, 3.05) is 26.7 Å². The van der Waals surface area contributed by atoms with Gasteiger partial charge >= 0.3 is 0 Å². The van der Waals surface area contributed by atoms with Crippen LogP contribution in [0.5, 0.6) is 5.75 Å². The van der Waals surface area contributed by atoms with E-state index in [0.29, 0.717) is 6.54 Å². The van der Waals surface area contributed by atoms with Gasteiger partial charge in [0.1, 0.15) is 11.4 Å². The van der Waals surface area contributed by atoms with Crippen LogP contribution in [0.3, 0.4) is 0 Å². The Morgan fingerprint density at radius 1 is 1.41 bits per heavy atom. The predicted octanol–water partition coefficient (Wildman–Crippen LogP) is 1.53. The standard InChI is InChI=1S/C14H19NO2/c1-15-8-3-7-14(16,10-15)12-5-2-4-11-6-9-17-13(11)12/h2,4-5,16H,3,6-10H2,1H3. The van der Waals surface area contributed by atoms with Gasteiger partial charge in [-0.1, -0.05) is 18.2 Å². The molecule has 0 saturated carbocycles. The summed E-state index contributed by atoms with van der Waals surface area (Å²) in [5.41, 5.74) is 1.49. The molecular formula is C14H19NO2. The Labute approximate surface area is 102 Å². The van der Waals surface area contributed by atoms with Gasteiger partial charge in [0.05, 0.1) is 6.61 Å². The molecule has 1 fully saturated rings. The third-order valence-electron chi connectivity index (χ3n) is 3.88. The van der Waals surface area contributed by atoms with E-state index in [9.17, 15) is 5.11 Å². The van der Waals surface area contributed by atoms with Gasteiger partial charge in [-0.15, -0.1) is 0 Å². The third kappa shape index (κ3) is 1.83. The second-order valence-electron chi connectivity index (χ2n) is 5.27. The molecule has 1 atom stereocenters. The molecule has 3 heteroatoms. The lowest BCUT2D eigenvalue weighted by atomic mass is 9.84. The van der Waals surface area contributed by atoms with Gasteiger partial charge in [-0.05, 0) is 32.0 Å². The van der Waals surface area contributed by atoms with Crippen molar-refractivity contribution in [2.24, 2.45) is 0 Å². The van der Waals surface area contributed by atoms with Crippen molar-refractivity contribution in [3.05, 3.63) is 29.3 Å². The second-order valence-corrected chi connectivity index (χ2v) is 5.27. The number of rotatable bonds is 1. The summed E-state index contributed by atoms with van der Waals surface area (Å²) in [6.45, 7) is 2.52. The van der Waals surface area contributed by atoms with Gasteiger partial charge in [0.25, 0.3) is 0 Å². The van der Waals surface area contributed by atoms with Crippen LogP contribution >= 0.6 is 0 Å². The molecule has 2 aliphatic rings. The highest BCUT2D eigenvalue weighted by atomic mass is 16.5. The minimum Gasteiger partial charge on any atom is -0.493 e. The fourth-order valence-corrected chi connectivity index (χ4v) is 3.05. The average molecular weight is 233 g/mol. The van der Waals surface area contributed by atoms with Crippen LogP contribution in [-0.2, 0) is 12.0 Å². The quantitative estimate of drug-likeness (QED) is 0.798. The molecule has 1 N–H and O–H groups in total. The molecule has 0 spiro atoms. The van der Waals surface area contributed by atoms with Gasteiger partial charge in [-0.25, -0.2) is 0 Å². The monoisotopic (exact) mass is 233 g/mol. The molecule has 0 radical (unpaired) electrons. The molecule has 0 aromatic heterocycles. The van der Waals surface area contributed by atoms with Crippen molar-refractivity contribution in [3.8, 4) is 5.75 Å². The Balaban J connectivity index is 2.00. The first-order chi connectivity index (χ1) is 8.19. The van der Waals surface area contributed by atoms with E-state index in [2.05, 4.69) is 18.0 Å². The van der Waals surface area contributed by atoms with E-state index in [-0.39, 0.29) is 0 Å². The summed E-state index contributed by atoms with van der Waals surface area (Å²) in [6, 6.07) is 6.15. The smallest absolute Gasteiger partial charge is 0.128 e. The van der Waals surface area contributed by atoms with Gasteiger partial charge in [-0.3, -0.25) is 0 Å². The van der Waals surface area contributed by atoms with Gasteiger partial charge < -0.3 is 14.7 Å². The Morgan fingerprint density at radius 3 is 3.12 bits per heavy atom. The zero-order valence-electron chi connectivity index (χ0n) is 10.3. The fraction of sp³-hybridized carbons (Fsp3) is 0.571. The zero-order chi connectivity index (χ0) is 11.9. The molecule has 0 bridgehead atoms. The molecule has 0 amide bonds. The highest BCUT2D eigenvalue weighted by molar-refractivity contribution is 5.47. The number of aliphatic hydroxyl groups is 1. The maximum absolute atomic E-state index is 10.9. The van der Waals surface area contributed by atoms with Crippen molar-refractivity contribution >= 4 is 0 Å². The number of piperidine rings is 1. The van der Waals surface area contributed by atoms with Crippen LogP contribution in [0.4, 0.5) is 0 Å². The number of para-hydroxylation sites is 1. The maximum Gasteiger partial charge on any atom is 0.128 e. The molecule has 92 valence electrons. The minimum absolute atomic E-state index is 0.701. The van der Waals surface area contributed by atoms with Crippen LogP contribution in [0, 0.1) is 0 Å². The fourth-order valence-electron chi connectivity index (χ4n) is 3.05. The molecular weight excluding hydrogens is 214 g/mol. The zero-order valence-corrected chi connectivity index (χ0v) is 10.3. The van der Waals surface area contributed by atoms with Crippen LogP contribution in [0.15, 0.2) is 18.2 Å². The van der Waals surface area contributed by atoms with Gasteiger partial charge in [0.15, 0.2) is 0 Å². The van der Waals surface area contributed by atoms with E-state index in [0.717, 1.165) is 43.7 Å². The normalized spacial score (nSPS) is 28.8. The average Bonchev–Trinajstić information content (AvgIpc) is 2.76. The van der Waals surface area contributed by atoms with E-state index in [1.165, 1.54) is 5.56 Å². The summed E-state index contributed by atoms with van der Waals surface area (Å²) < 4.78 is 5.70. The van der Waals surface area contributed by atoms with Gasteiger partial charge in [-0.2, -0.15) is 0 Å². The summed E-state index contributed by atoms with van der Waals surface area (Å²) >= 11 is 0. The molecule has 17 heavy (non-hydrogen) atoms. The summed E-state index contributed by atoms with van der Waals surface area (Å²) in [5.74, 6) is 0.935. The van der Waals surface area contributed by atoms with Gasteiger partial charge in [0, 0.05) is 18.5 Å². The highest BCUT2D eigenvalue weighted by Gasteiger charge is 2.37. The lowest BCUT2D eigenvalue weighted by Gasteiger charge is -2.38. The third-order valence-corrected chi connectivity index (χ3v) is 3.88. The van der Waals surface area contributed by atoms with Crippen molar-refractivity contribution in [3.63, 3.8) is 0 Å². The van der Waals surface area contributed by atoms with E-state index in [4.69, 9.17) is 4.74 Å². The number of benzene rings is 1. The molecule has 3 rings (SSSR count). The summed E-state index contributed by atoms with van der Waals surface area (Å²) in [4.78, 5) is 2.19. The molecule has 3 nitrogen and oxygen atoms in total. The number of likely N-dealkylation sites (tertiary alicyclic amines) is 1. The number of hydrogen-bond donors (Lipinski definition) is 1. The Morgan fingerprint density at radius 2 is 2.29 bits per heavy atom. The summed E-state index contributed by atoms with van der Waals surface area (Å²) in [6.07, 6.45) is 2.84. The predicted molar refractivity (Wildman–Crippen MR) is 66.3 cm³/mol. The van der Waals surface area contributed by atoms with E-state index < -0.39 is 5.60 Å². The molecule has 1 unspecified atom stereocenters. The number of hydrogen-bond acceptors (Lipinski definition) is 3. The van der Waals surface area contributed by atoms with Crippen molar-refractivity contribution in [1.29, 1.82) is 0 Å². The Bertz CT molecular complexity index is 432. The van der Waals surface area contributed by atoms with Crippen molar-refractivity contribution in [2.45, 2.75) is 24.9 Å². The molecule has 1 aromatic carbocycles. The minimum atomic E-state index is -0.733. The van der Waals surface area contributed by atoms with Crippen LogP contribution < -0.4 is 4.74 Å². The Hall–Kier alpha value is -1.06. The lowest BCUT2D eigenvalue weighted by Crippen LogP contribution is -2.44. The summed E-state index contributed by atoms with van der Waals surface area (Å²) in [5, 5.41) is 10.9. The number of fused-ring (bicyclic) bond motifs is 1. The molecule has 0 aliphatic carbocycles. The van der Waals surface area contributed by atoms with Crippen LogP contribution in [0.2, 0.25) is 0 Å². The first kappa shape index (κ1) is 11.1. The molecule has 2 aliphatic heterocycles. The number of β-amino-alcohol motifs (C(OH)–C–C–N with tert-alkyl or cyclic N) is 1. The second kappa shape index (κ2) is 4.00. The number of ether oxygens (including phenoxy) is 1. The summed E-state index contributed by atoms with van der Waals surface area (Å²) in [7, 11) is 2.06. The number of likely N-dealkylation sites (N-methyl/N-ethyl adjacent to an activating group) is 1. The van der Waals surface area contributed by atoms with E-state index in [1.807, 2.05) is 12.1 Å². The SMILES string of the molecule is CN1CCCC(O)(c2cccc3c2OCC3)C1. The lowest BCUT2D eigenvalue weighted by molar-refractivity contribution is -0.0293. The largest absolute Gasteiger partial charge is 0.493 e.